The third kappa shape index (κ3) is 3.72. The van der Waals surface area contributed by atoms with E-state index < -0.39 is 29.7 Å². The number of aliphatic hydroxyl groups excluding tert-OH is 1. The van der Waals surface area contributed by atoms with Crippen molar-refractivity contribution in [1.82, 2.24) is 10.3 Å². The molecule has 26 heavy (non-hydrogen) atoms. The number of aromatic nitrogens is 1. The standard InChI is InChI=1S/C19H19FN2O4/c1-26-16-5-4-11(9-15(16)20)17(13-7-14(23)8-13)22-19(25)18(24)12-3-2-6-21-10-12/h2-6,9-10,13-14,17,23H,7-8H2,1H3,(H,22,25)/t13?,14?,17-/m0/s1. The maximum absolute atomic E-state index is 14.1. The van der Waals surface area contributed by atoms with E-state index in [9.17, 15) is 19.1 Å². The molecular weight excluding hydrogens is 339 g/mol. The minimum Gasteiger partial charge on any atom is -0.494 e. The maximum atomic E-state index is 14.1. The first kappa shape index (κ1) is 18.0. The Hall–Kier alpha value is -2.80. The van der Waals surface area contributed by atoms with Crippen molar-refractivity contribution >= 4 is 11.7 Å². The van der Waals surface area contributed by atoms with Crippen molar-refractivity contribution < 1.29 is 23.8 Å². The molecule has 1 saturated carbocycles. The highest BCUT2D eigenvalue weighted by Gasteiger charge is 2.37. The topological polar surface area (TPSA) is 88.5 Å². The van der Waals surface area contributed by atoms with Crippen LogP contribution in [0.5, 0.6) is 5.75 Å². The first-order valence-electron chi connectivity index (χ1n) is 8.26. The Labute approximate surface area is 150 Å². The molecule has 0 aliphatic heterocycles. The minimum absolute atomic E-state index is 0.0801. The van der Waals surface area contributed by atoms with Gasteiger partial charge in [0.05, 0.1) is 19.3 Å². The molecule has 0 bridgehead atoms. The Bertz CT molecular complexity index is 806. The number of pyridine rings is 1. The van der Waals surface area contributed by atoms with E-state index >= 15 is 0 Å². The largest absolute Gasteiger partial charge is 0.494 e. The van der Waals surface area contributed by atoms with Gasteiger partial charge in [0.1, 0.15) is 0 Å². The highest BCUT2D eigenvalue weighted by atomic mass is 19.1. The van der Waals surface area contributed by atoms with Gasteiger partial charge in [-0.15, -0.1) is 0 Å². The molecule has 0 radical (unpaired) electrons. The van der Waals surface area contributed by atoms with Gasteiger partial charge in [-0.05, 0) is 48.6 Å². The molecule has 3 rings (SSSR count). The zero-order chi connectivity index (χ0) is 18.7. The summed E-state index contributed by atoms with van der Waals surface area (Å²) in [5.74, 6) is -2.04. The van der Waals surface area contributed by atoms with E-state index in [1.807, 2.05) is 0 Å². The van der Waals surface area contributed by atoms with Gasteiger partial charge in [0.15, 0.2) is 11.6 Å². The molecule has 1 amide bonds. The van der Waals surface area contributed by atoms with Gasteiger partial charge < -0.3 is 15.2 Å². The van der Waals surface area contributed by atoms with E-state index in [1.54, 1.807) is 12.1 Å². The van der Waals surface area contributed by atoms with E-state index in [4.69, 9.17) is 4.74 Å². The number of carbonyl (C=O) groups is 2. The summed E-state index contributed by atoms with van der Waals surface area (Å²) in [6, 6.07) is 6.90. The fourth-order valence-electron chi connectivity index (χ4n) is 3.09. The molecule has 7 heteroatoms. The van der Waals surface area contributed by atoms with Gasteiger partial charge in [0.2, 0.25) is 0 Å². The number of carbonyl (C=O) groups excluding carboxylic acids is 2. The van der Waals surface area contributed by atoms with Crippen LogP contribution < -0.4 is 10.1 Å². The maximum Gasteiger partial charge on any atom is 0.292 e. The number of benzene rings is 1. The average molecular weight is 358 g/mol. The van der Waals surface area contributed by atoms with Crippen molar-refractivity contribution in [1.29, 1.82) is 0 Å². The molecule has 1 aliphatic carbocycles. The van der Waals surface area contributed by atoms with Crippen LogP contribution in [0, 0.1) is 11.7 Å². The predicted molar refractivity (Wildman–Crippen MR) is 91.1 cm³/mol. The van der Waals surface area contributed by atoms with Crippen LogP contribution in [-0.2, 0) is 4.79 Å². The van der Waals surface area contributed by atoms with Gasteiger partial charge in [-0.3, -0.25) is 14.6 Å². The molecular formula is C19H19FN2O4. The summed E-state index contributed by atoms with van der Waals surface area (Å²) in [5.41, 5.74) is 0.700. The van der Waals surface area contributed by atoms with Crippen molar-refractivity contribution in [2.24, 2.45) is 5.92 Å². The number of Topliss-reactive ketones (excluding diaryl/α,β-unsaturated/α-hetero) is 1. The average Bonchev–Trinajstić information content (AvgIpc) is 2.63. The number of ketones is 1. The van der Waals surface area contributed by atoms with Gasteiger partial charge in [0.25, 0.3) is 11.7 Å². The van der Waals surface area contributed by atoms with Crippen LogP contribution in [0.2, 0.25) is 0 Å². The minimum atomic E-state index is -0.791. The molecule has 136 valence electrons. The van der Waals surface area contributed by atoms with Gasteiger partial charge in [-0.25, -0.2) is 4.39 Å². The second-order valence-corrected chi connectivity index (χ2v) is 6.30. The van der Waals surface area contributed by atoms with Crippen molar-refractivity contribution in [3.63, 3.8) is 0 Å². The lowest BCUT2D eigenvalue weighted by molar-refractivity contribution is -0.118. The molecule has 1 atom stereocenters. The lowest BCUT2D eigenvalue weighted by Crippen LogP contribution is -2.43. The van der Waals surface area contributed by atoms with Crippen LogP contribution in [0.1, 0.15) is 34.8 Å². The van der Waals surface area contributed by atoms with Gasteiger partial charge in [-0.1, -0.05) is 6.07 Å². The van der Waals surface area contributed by atoms with Crippen LogP contribution in [-0.4, -0.2) is 35.0 Å². The summed E-state index contributed by atoms with van der Waals surface area (Å²) in [6.07, 6.45) is 3.32. The van der Waals surface area contributed by atoms with Crippen LogP contribution in [0.4, 0.5) is 4.39 Å². The summed E-state index contributed by atoms with van der Waals surface area (Å²) in [4.78, 5) is 28.5. The van der Waals surface area contributed by atoms with Crippen LogP contribution in [0.15, 0.2) is 42.7 Å². The van der Waals surface area contributed by atoms with Crippen molar-refractivity contribution in [2.45, 2.75) is 25.0 Å². The molecule has 6 nitrogen and oxygen atoms in total. The number of ether oxygens (including phenoxy) is 1. The summed E-state index contributed by atoms with van der Waals surface area (Å²) in [5, 5.41) is 12.3. The summed E-state index contributed by atoms with van der Waals surface area (Å²) in [7, 11) is 1.37. The molecule has 0 unspecified atom stereocenters. The number of hydrogen-bond acceptors (Lipinski definition) is 5. The fourth-order valence-corrected chi connectivity index (χ4v) is 3.09. The lowest BCUT2D eigenvalue weighted by atomic mass is 9.75. The highest BCUT2D eigenvalue weighted by Crippen LogP contribution is 2.39. The van der Waals surface area contributed by atoms with E-state index in [0.29, 0.717) is 18.4 Å². The van der Waals surface area contributed by atoms with E-state index in [0.717, 1.165) is 0 Å². The van der Waals surface area contributed by atoms with Gasteiger partial charge in [-0.2, -0.15) is 0 Å². The van der Waals surface area contributed by atoms with Crippen LogP contribution in [0.25, 0.3) is 0 Å². The number of nitrogens with zero attached hydrogens (tertiary/aromatic N) is 1. The van der Waals surface area contributed by atoms with Crippen molar-refractivity contribution in [3.8, 4) is 5.75 Å². The SMILES string of the molecule is COc1ccc([C@H](NC(=O)C(=O)c2cccnc2)C2CC(O)C2)cc1F. The first-order valence-corrected chi connectivity index (χ1v) is 8.26. The Kier molecular flexibility index (Phi) is 5.27. The van der Waals surface area contributed by atoms with Crippen molar-refractivity contribution in [2.75, 3.05) is 7.11 Å². The molecule has 0 spiro atoms. The number of halogens is 1. The second-order valence-electron chi connectivity index (χ2n) is 6.30. The van der Waals surface area contributed by atoms with E-state index in [1.165, 1.54) is 37.7 Å². The predicted octanol–water partition coefficient (Wildman–Crippen LogP) is 2.04. The van der Waals surface area contributed by atoms with E-state index in [-0.39, 0.29) is 17.2 Å². The normalized spacial score (nSPS) is 20.0. The second kappa shape index (κ2) is 7.61. The van der Waals surface area contributed by atoms with Crippen molar-refractivity contribution in [3.05, 3.63) is 59.7 Å². The number of hydrogen-bond donors (Lipinski definition) is 2. The Morgan fingerprint density at radius 1 is 1.35 bits per heavy atom. The lowest BCUT2D eigenvalue weighted by Gasteiger charge is -2.38. The molecule has 1 heterocycles. The first-order chi connectivity index (χ1) is 12.5. The third-order valence-electron chi connectivity index (χ3n) is 4.57. The highest BCUT2D eigenvalue weighted by molar-refractivity contribution is 6.42. The number of aliphatic hydroxyl groups is 1. The summed E-state index contributed by atoms with van der Waals surface area (Å²) >= 11 is 0. The molecule has 2 N–H and O–H groups in total. The number of rotatable bonds is 6. The van der Waals surface area contributed by atoms with E-state index in [2.05, 4.69) is 10.3 Å². The monoisotopic (exact) mass is 358 g/mol. The van der Waals surface area contributed by atoms with Crippen LogP contribution >= 0.6 is 0 Å². The molecule has 1 fully saturated rings. The van der Waals surface area contributed by atoms with Crippen LogP contribution in [0.3, 0.4) is 0 Å². The zero-order valence-corrected chi connectivity index (χ0v) is 14.2. The molecule has 2 aromatic rings. The number of nitrogens with one attached hydrogen (secondary N) is 1. The molecule has 1 aliphatic rings. The van der Waals surface area contributed by atoms with Gasteiger partial charge >= 0.3 is 0 Å². The molecule has 0 saturated heterocycles. The fraction of sp³-hybridized carbons (Fsp3) is 0.316. The summed E-state index contributed by atoms with van der Waals surface area (Å²) in [6.45, 7) is 0. The number of amides is 1. The quantitative estimate of drug-likeness (QED) is 0.609. The molecule has 1 aromatic heterocycles. The number of methoxy groups -OCH3 is 1. The Morgan fingerprint density at radius 2 is 2.12 bits per heavy atom. The zero-order valence-electron chi connectivity index (χ0n) is 14.2. The smallest absolute Gasteiger partial charge is 0.292 e. The van der Waals surface area contributed by atoms with Gasteiger partial charge in [0, 0.05) is 18.0 Å². The Morgan fingerprint density at radius 3 is 2.69 bits per heavy atom. The molecule has 1 aromatic carbocycles. The summed E-state index contributed by atoms with van der Waals surface area (Å²) < 4.78 is 19.0. The third-order valence-corrected chi connectivity index (χ3v) is 4.57. The Balaban J connectivity index is 1.82.